The first-order valence-corrected chi connectivity index (χ1v) is 11.2. The fraction of sp³-hybridized carbons (Fsp3) is 0.269. The summed E-state index contributed by atoms with van der Waals surface area (Å²) >= 11 is 0. The summed E-state index contributed by atoms with van der Waals surface area (Å²) in [5.74, 6) is 1.99. The monoisotopic (exact) mass is 461 g/mol. The number of amides is 1. The average molecular weight is 462 g/mol. The van der Waals surface area contributed by atoms with Gasteiger partial charge in [0.25, 0.3) is 0 Å². The van der Waals surface area contributed by atoms with E-state index in [9.17, 15) is 4.79 Å². The van der Waals surface area contributed by atoms with Crippen LogP contribution in [0.3, 0.4) is 0 Å². The zero-order valence-corrected chi connectivity index (χ0v) is 19.1. The van der Waals surface area contributed by atoms with Gasteiger partial charge in [-0.3, -0.25) is 4.79 Å². The number of alkyl halides is 1. The normalized spacial score (nSPS) is 15.9. The van der Waals surface area contributed by atoms with Crippen LogP contribution in [-0.2, 0) is 4.79 Å². The van der Waals surface area contributed by atoms with Crippen LogP contribution in [0.5, 0.6) is 11.5 Å². The van der Waals surface area contributed by atoms with E-state index in [2.05, 4.69) is 21.9 Å². The molecule has 1 amide bonds. The Balaban J connectivity index is 1.51. The van der Waals surface area contributed by atoms with Crippen molar-refractivity contribution in [1.29, 1.82) is 0 Å². The van der Waals surface area contributed by atoms with Gasteiger partial charge in [-0.1, -0.05) is 36.9 Å². The van der Waals surface area contributed by atoms with Crippen LogP contribution >= 0.6 is 0 Å². The molecule has 176 valence electrons. The number of piperidine rings is 1. The van der Waals surface area contributed by atoms with Crippen molar-refractivity contribution >= 4 is 17.5 Å². The molecule has 0 spiro atoms. The highest BCUT2D eigenvalue weighted by Gasteiger charge is 2.41. The van der Waals surface area contributed by atoms with Crippen molar-refractivity contribution in [3.05, 3.63) is 73.6 Å². The Bertz CT molecular complexity index is 1150. The van der Waals surface area contributed by atoms with E-state index in [1.807, 2.05) is 54.6 Å². The largest absolute Gasteiger partial charge is 0.457 e. The number of nitrogens with one attached hydrogen (secondary N) is 1. The number of nitrogens with zero attached hydrogens (tertiary/aromatic N) is 3. The molecule has 7 nitrogen and oxygen atoms in total. The van der Waals surface area contributed by atoms with Gasteiger partial charge in [-0.05, 0) is 42.8 Å². The fourth-order valence-corrected chi connectivity index (χ4v) is 4.10. The smallest absolute Gasteiger partial charge is 0.245 e. The van der Waals surface area contributed by atoms with Gasteiger partial charge in [-0.2, -0.15) is 0 Å². The quantitative estimate of drug-likeness (QED) is 0.489. The molecule has 1 fully saturated rings. The molecule has 2 heterocycles. The van der Waals surface area contributed by atoms with E-state index in [0.717, 1.165) is 11.3 Å². The van der Waals surface area contributed by atoms with Gasteiger partial charge in [0.15, 0.2) is 0 Å². The van der Waals surface area contributed by atoms with Gasteiger partial charge in [0.2, 0.25) is 5.91 Å². The van der Waals surface area contributed by atoms with Crippen LogP contribution in [0.4, 0.5) is 16.0 Å². The van der Waals surface area contributed by atoms with Crippen molar-refractivity contribution in [2.24, 2.45) is 0 Å². The molecule has 3 aromatic rings. The minimum atomic E-state index is -1.50. The highest BCUT2D eigenvalue weighted by Crippen LogP contribution is 2.36. The Morgan fingerprint density at radius 1 is 1.15 bits per heavy atom. The van der Waals surface area contributed by atoms with Gasteiger partial charge in [0.05, 0.1) is 11.6 Å². The van der Waals surface area contributed by atoms with E-state index in [1.54, 1.807) is 11.8 Å². The summed E-state index contributed by atoms with van der Waals surface area (Å²) in [6.45, 7) is 5.97. The second-order valence-corrected chi connectivity index (χ2v) is 8.35. The highest BCUT2D eigenvalue weighted by molar-refractivity contribution is 5.87. The molecule has 0 saturated carbocycles. The summed E-state index contributed by atoms with van der Waals surface area (Å²) < 4.78 is 21.6. The van der Waals surface area contributed by atoms with E-state index < -0.39 is 11.7 Å². The third-order valence-electron chi connectivity index (χ3n) is 6.21. The highest BCUT2D eigenvalue weighted by atomic mass is 19.1. The maximum atomic E-state index is 15.8. The molecule has 8 heteroatoms. The van der Waals surface area contributed by atoms with E-state index in [-0.39, 0.29) is 18.7 Å². The molecule has 1 aliphatic heterocycles. The third-order valence-corrected chi connectivity index (χ3v) is 6.21. The lowest BCUT2D eigenvalue weighted by molar-refractivity contribution is -0.128. The number of carbonyl (C=O) groups is 1. The van der Waals surface area contributed by atoms with Crippen molar-refractivity contribution in [2.75, 3.05) is 24.1 Å². The minimum absolute atomic E-state index is 0.173. The van der Waals surface area contributed by atoms with Crippen molar-refractivity contribution < 1.29 is 13.9 Å². The van der Waals surface area contributed by atoms with Gasteiger partial charge in [0.1, 0.15) is 35.1 Å². The lowest BCUT2D eigenvalue weighted by Crippen LogP contribution is -2.51. The van der Waals surface area contributed by atoms with Crippen LogP contribution < -0.4 is 15.8 Å². The van der Waals surface area contributed by atoms with Gasteiger partial charge in [-0.15, -0.1) is 0 Å². The third kappa shape index (κ3) is 5.01. The summed E-state index contributed by atoms with van der Waals surface area (Å²) in [7, 11) is 0. The van der Waals surface area contributed by atoms with Crippen molar-refractivity contribution in [3.8, 4) is 22.6 Å². The number of hydrogen-bond donors (Lipinski definition) is 2. The van der Waals surface area contributed by atoms with Crippen molar-refractivity contribution in [2.45, 2.75) is 31.5 Å². The molecular formula is C26H28FN5O2. The van der Waals surface area contributed by atoms with E-state index >= 15 is 4.39 Å². The van der Waals surface area contributed by atoms with Crippen LogP contribution in [-0.4, -0.2) is 45.6 Å². The standard InChI is InChI=1S/C26H28FN5O2/c1-3-22(33)32-15-13-26(27,14-16-32)18(2)31-25-23(24(28)29-17-30-25)19-9-11-21(12-10-19)34-20-7-5-4-6-8-20/h3-12,17-18H,1,13-16H2,2H3,(H3,28,29,30,31). The van der Waals surface area contributed by atoms with Crippen LogP contribution in [0.1, 0.15) is 19.8 Å². The lowest BCUT2D eigenvalue weighted by Gasteiger charge is -2.40. The lowest BCUT2D eigenvalue weighted by atomic mass is 9.86. The molecule has 1 saturated heterocycles. The van der Waals surface area contributed by atoms with Crippen LogP contribution in [0.15, 0.2) is 73.6 Å². The number of halogens is 1. The number of rotatable bonds is 7. The molecule has 1 aliphatic rings. The second-order valence-electron chi connectivity index (χ2n) is 8.35. The number of anilines is 2. The first kappa shape index (κ1) is 23.2. The molecule has 0 aliphatic carbocycles. The number of hydrogen-bond acceptors (Lipinski definition) is 6. The summed E-state index contributed by atoms with van der Waals surface area (Å²) in [4.78, 5) is 21.9. The Kier molecular flexibility index (Phi) is 6.77. The number of nitrogen functional groups attached to an aromatic ring is 1. The first-order chi connectivity index (χ1) is 16.4. The van der Waals surface area contributed by atoms with E-state index in [0.29, 0.717) is 36.0 Å². The second kappa shape index (κ2) is 9.91. The van der Waals surface area contributed by atoms with Crippen LogP contribution in [0.25, 0.3) is 11.1 Å². The molecule has 0 bridgehead atoms. The summed E-state index contributed by atoms with van der Waals surface area (Å²) in [6.07, 6.45) is 3.07. The zero-order chi connectivity index (χ0) is 24.1. The maximum absolute atomic E-state index is 15.8. The predicted molar refractivity (Wildman–Crippen MR) is 131 cm³/mol. The van der Waals surface area contributed by atoms with Gasteiger partial charge < -0.3 is 20.7 Å². The maximum Gasteiger partial charge on any atom is 0.245 e. The number of aromatic nitrogens is 2. The Labute approximate surface area is 198 Å². The fourth-order valence-electron chi connectivity index (χ4n) is 4.10. The summed E-state index contributed by atoms with van der Waals surface area (Å²) in [5.41, 5.74) is 6.09. The average Bonchev–Trinajstić information content (AvgIpc) is 2.85. The molecule has 1 atom stereocenters. The number of carbonyl (C=O) groups excluding carboxylic acids is 1. The number of ether oxygens (including phenoxy) is 1. The molecule has 34 heavy (non-hydrogen) atoms. The van der Waals surface area contributed by atoms with E-state index in [4.69, 9.17) is 10.5 Å². The zero-order valence-electron chi connectivity index (χ0n) is 19.1. The number of benzene rings is 2. The summed E-state index contributed by atoms with van der Waals surface area (Å²) in [6, 6.07) is 16.4. The molecule has 0 radical (unpaired) electrons. The van der Waals surface area contributed by atoms with Crippen molar-refractivity contribution in [3.63, 3.8) is 0 Å². The molecule has 4 rings (SSSR count). The van der Waals surface area contributed by atoms with Crippen LogP contribution in [0.2, 0.25) is 0 Å². The molecule has 1 unspecified atom stereocenters. The van der Waals surface area contributed by atoms with Crippen molar-refractivity contribution in [1.82, 2.24) is 14.9 Å². The number of para-hydroxylation sites is 1. The minimum Gasteiger partial charge on any atom is -0.457 e. The molecule has 2 aromatic carbocycles. The Morgan fingerprint density at radius 2 is 1.79 bits per heavy atom. The first-order valence-electron chi connectivity index (χ1n) is 11.2. The van der Waals surface area contributed by atoms with Gasteiger partial charge >= 0.3 is 0 Å². The topological polar surface area (TPSA) is 93.4 Å². The number of likely N-dealkylation sites (tertiary alicyclic amines) is 1. The SMILES string of the molecule is C=CC(=O)N1CCC(F)(C(C)Nc2ncnc(N)c2-c2ccc(Oc3ccccc3)cc2)CC1. The summed E-state index contributed by atoms with van der Waals surface area (Å²) in [5, 5.41) is 3.21. The van der Waals surface area contributed by atoms with Gasteiger partial charge in [-0.25, -0.2) is 14.4 Å². The predicted octanol–water partition coefficient (Wildman–Crippen LogP) is 4.84. The number of nitrogens with two attached hydrogens (primary N) is 1. The molecule has 3 N–H and O–H groups in total. The van der Waals surface area contributed by atoms with E-state index in [1.165, 1.54) is 12.4 Å². The molecular weight excluding hydrogens is 433 g/mol. The van der Waals surface area contributed by atoms with Crippen LogP contribution in [0, 0.1) is 0 Å². The Morgan fingerprint density at radius 3 is 2.44 bits per heavy atom. The van der Waals surface area contributed by atoms with Gasteiger partial charge in [0, 0.05) is 25.9 Å². The molecule has 1 aromatic heterocycles. The Hall–Kier alpha value is -3.94.